The number of hydrogen-bond donors (Lipinski definition) is 1. The molecule has 1 fully saturated rings. The Balaban J connectivity index is 2.02. The summed E-state index contributed by atoms with van der Waals surface area (Å²) in [7, 11) is 0. The molecule has 16 heavy (non-hydrogen) atoms. The van der Waals surface area contributed by atoms with Crippen LogP contribution in [0.2, 0.25) is 0 Å². The number of aryl methyl sites for hydroxylation is 2. The SMILES string of the molecule is Cc1cc(C)nc(SC2CCCC(N)C2)c1. The molecular weight excluding hydrogens is 216 g/mol. The van der Waals surface area contributed by atoms with Gasteiger partial charge in [0.15, 0.2) is 0 Å². The predicted molar refractivity (Wildman–Crippen MR) is 69.8 cm³/mol. The highest BCUT2D eigenvalue weighted by Gasteiger charge is 2.20. The molecule has 88 valence electrons. The van der Waals surface area contributed by atoms with E-state index in [9.17, 15) is 0 Å². The summed E-state index contributed by atoms with van der Waals surface area (Å²) < 4.78 is 0. The molecule has 1 aromatic heterocycles. The summed E-state index contributed by atoms with van der Waals surface area (Å²) in [6, 6.07) is 4.70. The molecule has 1 aliphatic rings. The van der Waals surface area contributed by atoms with Gasteiger partial charge in [-0.1, -0.05) is 6.42 Å². The van der Waals surface area contributed by atoms with Crippen LogP contribution in [0.1, 0.15) is 36.9 Å². The molecule has 0 amide bonds. The summed E-state index contributed by atoms with van der Waals surface area (Å²) in [5.41, 5.74) is 8.42. The summed E-state index contributed by atoms with van der Waals surface area (Å²) in [6.45, 7) is 4.19. The standard InChI is InChI=1S/C13H20N2S/c1-9-6-10(2)15-13(7-9)16-12-5-3-4-11(14)8-12/h6-7,11-12H,3-5,8,14H2,1-2H3. The molecule has 0 bridgehead atoms. The largest absolute Gasteiger partial charge is 0.328 e. The van der Waals surface area contributed by atoms with Crippen LogP contribution in [0.25, 0.3) is 0 Å². The van der Waals surface area contributed by atoms with E-state index < -0.39 is 0 Å². The molecule has 1 saturated carbocycles. The average molecular weight is 236 g/mol. The lowest BCUT2D eigenvalue weighted by Crippen LogP contribution is -2.29. The number of aromatic nitrogens is 1. The maximum absolute atomic E-state index is 6.00. The Morgan fingerprint density at radius 1 is 1.31 bits per heavy atom. The van der Waals surface area contributed by atoms with E-state index in [0.717, 1.165) is 17.1 Å². The van der Waals surface area contributed by atoms with Crippen molar-refractivity contribution < 1.29 is 0 Å². The molecule has 0 aliphatic heterocycles. The maximum atomic E-state index is 6.00. The molecular formula is C13H20N2S. The molecule has 2 atom stereocenters. The van der Waals surface area contributed by atoms with E-state index in [1.165, 1.54) is 24.8 Å². The summed E-state index contributed by atoms with van der Waals surface area (Å²) in [5, 5.41) is 1.83. The fraction of sp³-hybridized carbons (Fsp3) is 0.615. The number of nitrogens with zero attached hydrogens (tertiary/aromatic N) is 1. The van der Waals surface area contributed by atoms with Crippen LogP contribution in [-0.2, 0) is 0 Å². The Kier molecular flexibility index (Phi) is 3.87. The van der Waals surface area contributed by atoms with Crippen LogP contribution in [0.5, 0.6) is 0 Å². The third-order valence-corrected chi connectivity index (χ3v) is 4.24. The predicted octanol–water partition coefficient (Wildman–Crippen LogP) is 3.06. The van der Waals surface area contributed by atoms with Crippen molar-refractivity contribution in [3.8, 4) is 0 Å². The van der Waals surface area contributed by atoms with E-state index in [4.69, 9.17) is 5.73 Å². The molecule has 1 aliphatic carbocycles. The highest BCUT2D eigenvalue weighted by Crippen LogP contribution is 2.32. The normalized spacial score (nSPS) is 25.7. The highest BCUT2D eigenvalue weighted by atomic mass is 32.2. The van der Waals surface area contributed by atoms with Crippen molar-refractivity contribution in [1.29, 1.82) is 0 Å². The van der Waals surface area contributed by atoms with Crippen molar-refractivity contribution in [2.24, 2.45) is 5.73 Å². The fourth-order valence-corrected chi connectivity index (χ4v) is 3.74. The second-order valence-corrected chi connectivity index (χ2v) is 6.11. The van der Waals surface area contributed by atoms with Crippen LogP contribution in [0.3, 0.4) is 0 Å². The summed E-state index contributed by atoms with van der Waals surface area (Å²) >= 11 is 1.91. The topological polar surface area (TPSA) is 38.9 Å². The van der Waals surface area contributed by atoms with Crippen LogP contribution >= 0.6 is 11.8 Å². The lowest BCUT2D eigenvalue weighted by atomic mass is 9.96. The molecule has 1 heterocycles. The van der Waals surface area contributed by atoms with Gasteiger partial charge < -0.3 is 5.73 Å². The first-order chi connectivity index (χ1) is 7.63. The first kappa shape index (κ1) is 11.9. The minimum Gasteiger partial charge on any atom is -0.328 e. The number of nitrogens with two attached hydrogens (primary N) is 1. The lowest BCUT2D eigenvalue weighted by molar-refractivity contribution is 0.451. The van der Waals surface area contributed by atoms with E-state index in [2.05, 4.69) is 31.0 Å². The van der Waals surface area contributed by atoms with E-state index in [1.54, 1.807) is 0 Å². The molecule has 3 heteroatoms. The van der Waals surface area contributed by atoms with Gasteiger partial charge in [-0.2, -0.15) is 0 Å². The van der Waals surface area contributed by atoms with Crippen molar-refractivity contribution in [1.82, 2.24) is 4.98 Å². The van der Waals surface area contributed by atoms with Crippen LogP contribution in [-0.4, -0.2) is 16.3 Å². The molecule has 2 unspecified atom stereocenters. The van der Waals surface area contributed by atoms with Gasteiger partial charge in [0.2, 0.25) is 0 Å². The van der Waals surface area contributed by atoms with Crippen molar-refractivity contribution in [3.63, 3.8) is 0 Å². The highest BCUT2D eigenvalue weighted by molar-refractivity contribution is 7.99. The summed E-state index contributed by atoms with van der Waals surface area (Å²) in [4.78, 5) is 4.58. The molecule has 0 aromatic carbocycles. The van der Waals surface area contributed by atoms with E-state index in [-0.39, 0.29) is 0 Å². The molecule has 2 rings (SSSR count). The fourth-order valence-electron chi connectivity index (χ4n) is 2.32. The quantitative estimate of drug-likeness (QED) is 0.857. The van der Waals surface area contributed by atoms with Gasteiger partial charge in [-0.25, -0.2) is 4.98 Å². The van der Waals surface area contributed by atoms with Gasteiger partial charge in [0, 0.05) is 17.0 Å². The first-order valence-electron chi connectivity index (χ1n) is 6.01. The Hall–Kier alpha value is -0.540. The number of pyridine rings is 1. The van der Waals surface area contributed by atoms with Gasteiger partial charge in [-0.15, -0.1) is 11.8 Å². The Morgan fingerprint density at radius 2 is 2.12 bits per heavy atom. The first-order valence-corrected chi connectivity index (χ1v) is 6.89. The number of rotatable bonds is 2. The molecule has 0 radical (unpaired) electrons. The zero-order valence-electron chi connectivity index (χ0n) is 10.1. The Bertz CT molecular complexity index is 345. The van der Waals surface area contributed by atoms with Crippen molar-refractivity contribution in [2.75, 3.05) is 0 Å². The Morgan fingerprint density at radius 3 is 2.81 bits per heavy atom. The number of hydrogen-bond acceptors (Lipinski definition) is 3. The zero-order valence-corrected chi connectivity index (χ0v) is 10.9. The maximum Gasteiger partial charge on any atom is 0.0968 e. The van der Waals surface area contributed by atoms with Gasteiger partial charge in [0.1, 0.15) is 0 Å². The smallest absolute Gasteiger partial charge is 0.0968 e. The van der Waals surface area contributed by atoms with Crippen LogP contribution in [0.4, 0.5) is 0 Å². The van der Waals surface area contributed by atoms with Crippen molar-refractivity contribution >= 4 is 11.8 Å². The van der Waals surface area contributed by atoms with Gasteiger partial charge in [-0.3, -0.25) is 0 Å². The van der Waals surface area contributed by atoms with Crippen molar-refractivity contribution in [3.05, 3.63) is 23.4 Å². The molecule has 2 nitrogen and oxygen atoms in total. The van der Waals surface area contributed by atoms with Crippen LogP contribution in [0, 0.1) is 13.8 Å². The molecule has 2 N–H and O–H groups in total. The number of thioether (sulfide) groups is 1. The third-order valence-electron chi connectivity index (χ3n) is 3.03. The lowest BCUT2D eigenvalue weighted by Gasteiger charge is -2.25. The van der Waals surface area contributed by atoms with E-state index >= 15 is 0 Å². The van der Waals surface area contributed by atoms with Crippen molar-refractivity contribution in [2.45, 2.75) is 55.8 Å². The molecule has 1 aromatic rings. The molecule has 0 saturated heterocycles. The van der Waals surface area contributed by atoms with Crippen LogP contribution < -0.4 is 5.73 Å². The van der Waals surface area contributed by atoms with Gasteiger partial charge in [0.05, 0.1) is 5.03 Å². The van der Waals surface area contributed by atoms with Crippen LogP contribution in [0.15, 0.2) is 17.2 Å². The van der Waals surface area contributed by atoms with E-state index in [0.29, 0.717) is 11.3 Å². The monoisotopic (exact) mass is 236 g/mol. The minimum absolute atomic E-state index is 0.400. The van der Waals surface area contributed by atoms with Gasteiger partial charge in [-0.05, 0) is 50.8 Å². The van der Waals surface area contributed by atoms with Gasteiger partial charge >= 0.3 is 0 Å². The Labute approximate surface area is 102 Å². The molecule has 0 spiro atoms. The van der Waals surface area contributed by atoms with E-state index in [1.807, 2.05) is 11.8 Å². The zero-order chi connectivity index (χ0) is 11.5. The minimum atomic E-state index is 0.400. The summed E-state index contributed by atoms with van der Waals surface area (Å²) in [5.74, 6) is 0. The average Bonchev–Trinajstić information content (AvgIpc) is 2.15. The third kappa shape index (κ3) is 3.22. The summed E-state index contributed by atoms with van der Waals surface area (Å²) in [6.07, 6.45) is 4.88. The second-order valence-electron chi connectivity index (χ2n) is 4.79. The second kappa shape index (κ2) is 5.19. The van der Waals surface area contributed by atoms with Gasteiger partial charge in [0.25, 0.3) is 0 Å².